The van der Waals surface area contributed by atoms with Gasteiger partial charge in [0.15, 0.2) is 5.13 Å². The van der Waals surface area contributed by atoms with Crippen LogP contribution in [0.25, 0.3) is 10.2 Å². The smallest absolute Gasteiger partial charge is 0.276 e. The molecule has 0 spiro atoms. The van der Waals surface area contributed by atoms with Crippen molar-refractivity contribution < 1.29 is 18.8 Å². The Labute approximate surface area is 169 Å². The van der Waals surface area contributed by atoms with Gasteiger partial charge in [-0.1, -0.05) is 23.5 Å². The zero-order chi connectivity index (χ0) is 20.5. The zero-order valence-electron chi connectivity index (χ0n) is 15.6. The van der Waals surface area contributed by atoms with E-state index in [1.807, 2.05) is 24.3 Å². The molecule has 0 radical (unpaired) electrons. The zero-order valence-corrected chi connectivity index (χ0v) is 16.4. The van der Waals surface area contributed by atoms with Gasteiger partial charge in [0.2, 0.25) is 0 Å². The summed E-state index contributed by atoms with van der Waals surface area (Å²) in [5.74, 6) is -1.33. The lowest BCUT2D eigenvalue weighted by atomic mass is 10.1. The number of ether oxygens (including phenoxy) is 1. The fourth-order valence-corrected chi connectivity index (χ4v) is 4.32. The van der Waals surface area contributed by atoms with Crippen LogP contribution in [0, 0.1) is 22.9 Å². The number of hydrogen-bond donors (Lipinski definition) is 0. The molecule has 1 aliphatic rings. The number of halogens is 1. The van der Waals surface area contributed by atoms with Crippen molar-refractivity contribution >= 4 is 38.3 Å². The highest BCUT2D eigenvalue weighted by atomic mass is 32.1. The fourth-order valence-electron chi connectivity index (χ4n) is 3.35. The SMILES string of the molecule is Cc1c(F)cc(C(=O)N(C[C@@H]2CCCO2)c2nc3ccccc3s2)cc1[N+](=O)[O-]. The number of anilines is 1. The Balaban J connectivity index is 1.76. The van der Waals surface area contributed by atoms with Crippen LogP contribution in [-0.4, -0.2) is 35.1 Å². The van der Waals surface area contributed by atoms with Crippen molar-refractivity contribution in [2.45, 2.75) is 25.9 Å². The molecule has 0 saturated carbocycles. The third-order valence-corrected chi connectivity index (χ3v) is 5.99. The molecule has 2 aromatic carbocycles. The monoisotopic (exact) mass is 415 g/mol. The first-order valence-electron chi connectivity index (χ1n) is 9.17. The molecule has 1 fully saturated rings. The number of nitro benzene ring substituents is 1. The third kappa shape index (κ3) is 3.83. The molecule has 0 N–H and O–H groups in total. The Morgan fingerprint density at radius 3 is 2.90 bits per heavy atom. The van der Waals surface area contributed by atoms with Crippen molar-refractivity contribution in [3.63, 3.8) is 0 Å². The number of thiazole rings is 1. The van der Waals surface area contributed by atoms with Gasteiger partial charge in [0.25, 0.3) is 11.6 Å². The Bertz CT molecular complexity index is 1060. The quantitative estimate of drug-likeness (QED) is 0.453. The molecule has 2 heterocycles. The van der Waals surface area contributed by atoms with E-state index in [-0.39, 0.29) is 23.8 Å². The summed E-state index contributed by atoms with van der Waals surface area (Å²) in [5.41, 5.74) is 0.141. The van der Waals surface area contributed by atoms with E-state index in [9.17, 15) is 19.3 Å². The Hall–Kier alpha value is -2.91. The second kappa shape index (κ2) is 7.84. The van der Waals surface area contributed by atoms with Crippen LogP contribution in [0.4, 0.5) is 15.2 Å². The van der Waals surface area contributed by atoms with Gasteiger partial charge in [-0.2, -0.15) is 0 Å². The highest BCUT2D eigenvalue weighted by Gasteiger charge is 2.29. The molecule has 3 aromatic rings. The van der Waals surface area contributed by atoms with Gasteiger partial charge in [-0.05, 0) is 38.0 Å². The van der Waals surface area contributed by atoms with Crippen molar-refractivity contribution in [2.24, 2.45) is 0 Å². The van der Waals surface area contributed by atoms with Crippen LogP contribution in [0.1, 0.15) is 28.8 Å². The summed E-state index contributed by atoms with van der Waals surface area (Å²) in [4.78, 5) is 29.9. The average Bonchev–Trinajstić information content (AvgIpc) is 3.36. The van der Waals surface area contributed by atoms with Gasteiger partial charge in [-0.25, -0.2) is 9.37 Å². The molecule has 150 valence electrons. The Morgan fingerprint density at radius 2 is 2.21 bits per heavy atom. The summed E-state index contributed by atoms with van der Waals surface area (Å²) in [6, 6.07) is 9.66. The van der Waals surface area contributed by atoms with Gasteiger partial charge >= 0.3 is 0 Å². The molecule has 0 bridgehead atoms. The van der Waals surface area contributed by atoms with E-state index in [4.69, 9.17) is 4.74 Å². The molecule has 0 unspecified atom stereocenters. The third-order valence-electron chi connectivity index (χ3n) is 4.93. The minimum absolute atomic E-state index is 0.0861. The lowest BCUT2D eigenvalue weighted by molar-refractivity contribution is -0.385. The normalized spacial score (nSPS) is 16.3. The number of fused-ring (bicyclic) bond motifs is 1. The number of para-hydroxylation sites is 1. The molecule has 4 rings (SSSR count). The second-order valence-corrected chi connectivity index (χ2v) is 7.88. The summed E-state index contributed by atoms with van der Waals surface area (Å²) < 4.78 is 20.9. The van der Waals surface area contributed by atoms with E-state index < -0.39 is 22.3 Å². The molecular weight excluding hydrogens is 397 g/mol. The van der Waals surface area contributed by atoms with Crippen molar-refractivity contribution in [2.75, 3.05) is 18.1 Å². The van der Waals surface area contributed by atoms with Crippen LogP contribution in [0.3, 0.4) is 0 Å². The summed E-state index contributed by atoms with van der Waals surface area (Å²) in [6.07, 6.45) is 1.55. The van der Waals surface area contributed by atoms with Crippen LogP contribution in [-0.2, 0) is 4.74 Å². The van der Waals surface area contributed by atoms with Crippen LogP contribution in [0.2, 0.25) is 0 Å². The van der Waals surface area contributed by atoms with Gasteiger partial charge in [-0.3, -0.25) is 19.8 Å². The standard InChI is InChI=1S/C20H18FN3O4S/c1-12-15(21)9-13(10-17(12)24(26)27)19(25)23(11-14-5-4-8-28-14)20-22-16-6-2-3-7-18(16)29-20/h2-3,6-7,9-10,14H,4-5,8,11H2,1H3/t14-/m0/s1. The van der Waals surface area contributed by atoms with Crippen LogP contribution in [0.15, 0.2) is 36.4 Å². The molecule has 1 aromatic heterocycles. The average molecular weight is 415 g/mol. The number of nitro groups is 1. The minimum atomic E-state index is -0.788. The first kappa shape index (κ1) is 19.4. The van der Waals surface area contributed by atoms with Crippen molar-refractivity contribution in [1.29, 1.82) is 0 Å². The maximum Gasteiger partial charge on any atom is 0.276 e. The number of nitrogens with zero attached hydrogens (tertiary/aromatic N) is 3. The van der Waals surface area contributed by atoms with Crippen molar-refractivity contribution in [3.8, 4) is 0 Å². The van der Waals surface area contributed by atoms with E-state index in [2.05, 4.69) is 4.98 Å². The second-order valence-electron chi connectivity index (χ2n) is 6.87. The fraction of sp³-hybridized carbons (Fsp3) is 0.300. The minimum Gasteiger partial charge on any atom is -0.376 e. The van der Waals surface area contributed by atoms with Gasteiger partial charge < -0.3 is 4.74 Å². The first-order valence-corrected chi connectivity index (χ1v) is 9.99. The number of aromatic nitrogens is 1. The summed E-state index contributed by atoms with van der Waals surface area (Å²) in [6.45, 7) is 2.19. The molecule has 1 saturated heterocycles. The van der Waals surface area contributed by atoms with Crippen molar-refractivity contribution in [1.82, 2.24) is 4.98 Å². The van der Waals surface area contributed by atoms with Gasteiger partial charge in [0.05, 0.1) is 33.4 Å². The topological polar surface area (TPSA) is 85.6 Å². The molecule has 1 aliphatic heterocycles. The first-order chi connectivity index (χ1) is 13.9. The largest absolute Gasteiger partial charge is 0.376 e. The van der Waals surface area contributed by atoms with E-state index >= 15 is 0 Å². The predicted octanol–water partition coefficient (Wildman–Crippen LogP) is 4.48. The molecule has 9 heteroatoms. The van der Waals surface area contributed by atoms with E-state index in [0.29, 0.717) is 11.7 Å². The number of rotatable bonds is 5. The molecule has 1 atom stereocenters. The lowest BCUT2D eigenvalue weighted by Gasteiger charge is -2.23. The molecular formula is C20H18FN3O4S. The maximum atomic E-state index is 14.3. The summed E-state index contributed by atoms with van der Waals surface area (Å²) >= 11 is 1.34. The number of carbonyl (C=O) groups is 1. The summed E-state index contributed by atoms with van der Waals surface area (Å²) in [5, 5.41) is 11.7. The number of carbonyl (C=O) groups excluding carboxylic acids is 1. The van der Waals surface area contributed by atoms with E-state index in [1.54, 1.807) is 0 Å². The maximum absolute atomic E-state index is 14.3. The lowest BCUT2D eigenvalue weighted by Crippen LogP contribution is -2.37. The molecule has 29 heavy (non-hydrogen) atoms. The molecule has 0 aliphatic carbocycles. The number of hydrogen-bond acceptors (Lipinski definition) is 6. The van der Waals surface area contributed by atoms with Crippen LogP contribution >= 0.6 is 11.3 Å². The van der Waals surface area contributed by atoms with Crippen molar-refractivity contribution in [3.05, 3.63) is 63.5 Å². The number of benzene rings is 2. The van der Waals surface area contributed by atoms with Crippen LogP contribution in [0.5, 0.6) is 0 Å². The highest BCUT2D eigenvalue weighted by molar-refractivity contribution is 7.22. The Morgan fingerprint density at radius 1 is 1.41 bits per heavy atom. The molecule has 7 nitrogen and oxygen atoms in total. The van der Waals surface area contributed by atoms with Gasteiger partial charge in [-0.15, -0.1) is 0 Å². The molecule has 1 amide bonds. The predicted molar refractivity (Wildman–Crippen MR) is 108 cm³/mol. The number of amides is 1. The van der Waals surface area contributed by atoms with E-state index in [0.717, 1.165) is 35.2 Å². The highest BCUT2D eigenvalue weighted by Crippen LogP contribution is 2.32. The van der Waals surface area contributed by atoms with E-state index in [1.165, 1.54) is 23.2 Å². The summed E-state index contributed by atoms with van der Waals surface area (Å²) in [7, 11) is 0. The van der Waals surface area contributed by atoms with Crippen LogP contribution < -0.4 is 4.90 Å². The van der Waals surface area contributed by atoms with Gasteiger partial charge in [0.1, 0.15) is 5.82 Å². The van der Waals surface area contributed by atoms with Gasteiger partial charge in [0, 0.05) is 18.2 Å². The Kier molecular flexibility index (Phi) is 5.25.